The van der Waals surface area contributed by atoms with Crippen LogP contribution in [0.5, 0.6) is 0 Å². The highest BCUT2D eigenvalue weighted by Gasteiger charge is 2.20. The van der Waals surface area contributed by atoms with Crippen molar-refractivity contribution in [1.82, 2.24) is 19.1 Å². The van der Waals surface area contributed by atoms with Crippen molar-refractivity contribution in [2.75, 3.05) is 6.54 Å². The third kappa shape index (κ3) is 3.99. The van der Waals surface area contributed by atoms with Gasteiger partial charge in [0.15, 0.2) is 5.82 Å². The van der Waals surface area contributed by atoms with E-state index in [1.807, 2.05) is 0 Å². The highest BCUT2D eigenvalue weighted by atomic mass is 32.2. The van der Waals surface area contributed by atoms with E-state index < -0.39 is 38.1 Å². The smallest absolute Gasteiger partial charge is 0.278 e. The van der Waals surface area contributed by atoms with Crippen LogP contribution in [0.25, 0.3) is 11.4 Å². The van der Waals surface area contributed by atoms with Crippen LogP contribution in [0.1, 0.15) is 0 Å². The topological polar surface area (TPSA) is 86.0 Å². The first-order valence-corrected chi connectivity index (χ1v) is 9.52. The highest BCUT2D eigenvalue weighted by Crippen LogP contribution is 2.16. The SMILES string of the molecule is Cn1c(-c2ccc(F)cc2)nn(CCNS(=O)(=O)c2cc(F)ccc2F)c1=O. The third-order valence-corrected chi connectivity index (χ3v) is 5.42. The quantitative estimate of drug-likeness (QED) is 0.667. The number of nitrogens with zero attached hydrogens (tertiary/aromatic N) is 3. The average Bonchev–Trinajstić information content (AvgIpc) is 2.93. The van der Waals surface area contributed by atoms with Gasteiger partial charge in [0.05, 0.1) is 6.54 Å². The van der Waals surface area contributed by atoms with Crippen molar-refractivity contribution < 1.29 is 21.6 Å². The molecule has 0 saturated carbocycles. The fraction of sp³-hybridized carbons (Fsp3) is 0.176. The number of aromatic nitrogens is 3. The zero-order valence-corrected chi connectivity index (χ0v) is 15.4. The third-order valence-electron chi connectivity index (χ3n) is 3.94. The molecule has 7 nitrogen and oxygen atoms in total. The Morgan fingerprint density at radius 2 is 1.68 bits per heavy atom. The van der Waals surface area contributed by atoms with Crippen molar-refractivity contribution in [3.05, 3.63) is 70.4 Å². The molecule has 1 heterocycles. The molecule has 0 fully saturated rings. The molecule has 0 aliphatic rings. The number of nitrogens with one attached hydrogen (secondary N) is 1. The summed E-state index contributed by atoms with van der Waals surface area (Å²) in [6, 6.07) is 7.44. The molecule has 0 spiro atoms. The van der Waals surface area contributed by atoms with E-state index in [2.05, 4.69) is 9.82 Å². The van der Waals surface area contributed by atoms with Crippen molar-refractivity contribution in [2.24, 2.45) is 7.05 Å². The summed E-state index contributed by atoms with van der Waals surface area (Å²) in [5, 5.41) is 4.11. The largest absolute Gasteiger partial charge is 0.345 e. The Labute approximate surface area is 158 Å². The van der Waals surface area contributed by atoms with Gasteiger partial charge in [-0.1, -0.05) is 0 Å². The lowest BCUT2D eigenvalue weighted by molar-refractivity contribution is 0.533. The number of halogens is 3. The fourth-order valence-corrected chi connectivity index (χ4v) is 3.64. The minimum Gasteiger partial charge on any atom is -0.278 e. The standard InChI is InChI=1S/C17H15F3N4O3S/c1-23-16(11-2-4-12(18)5-3-11)22-24(17(23)25)9-8-21-28(26,27)15-10-13(19)6-7-14(15)20/h2-7,10,21H,8-9H2,1H3. The molecule has 3 aromatic rings. The van der Waals surface area contributed by atoms with Crippen LogP contribution in [0, 0.1) is 17.5 Å². The molecule has 1 N–H and O–H groups in total. The molecule has 11 heteroatoms. The van der Waals surface area contributed by atoms with Crippen LogP contribution in [0.4, 0.5) is 13.2 Å². The van der Waals surface area contributed by atoms with Gasteiger partial charge in [-0.05, 0) is 42.5 Å². The van der Waals surface area contributed by atoms with Gasteiger partial charge >= 0.3 is 5.69 Å². The molecular weight excluding hydrogens is 397 g/mol. The van der Waals surface area contributed by atoms with E-state index in [1.165, 1.54) is 35.9 Å². The molecule has 0 atom stereocenters. The van der Waals surface area contributed by atoms with Gasteiger partial charge in [-0.3, -0.25) is 4.57 Å². The van der Waals surface area contributed by atoms with Crippen LogP contribution < -0.4 is 10.4 Å². The summed E-state index contributed by atoms with van der Waals surface area (Å²) in [6.07, 6.45) is 0. The molecule has 28 heavy (non-hydrogen) atoms. The molecule has 0 bridgehead atoms. The molecule has 148 valence electrons. The molecule has 0 amide bonds. The van der Waals surface area contributed by atoms with E-state index in [0.717, 1.165) is 10.7 Å². The molecule has 0 radical (unpaired) electrons. The summed E-state index contributed by atoms with van der Waals surface area (Å²) in [6.45, 7) is -0.428. The van der Waals surface area contributed by atoms with E-state index in [4.69, 9.17) is 0 Å². The maximum absolute atomic E-state index is 13.7. The minimum atomic E-state index is -4.31. The molecule has 0 aliphatic heterocycles. The molecule has 3 rings (SSSR count). The molecular formula is C17H15F3N4O3S. The maximum atomic E-state index is 13.7. The predicted octanol–water partition coefficient (Wildman–Crippen LogP) is 1.64. The number of rotatable bonds is 6. The van der Waals surface area contributed by atoms with Gasteiger partial charge in [-0.2, -0.15) is 0 Å². The van der Waals surface area contributed by atoms with E-state index >= 15 is 0 Å². The molecule has 2 aromatic carbocycles. The lowest BCUT2D eigenvalue weighted by Crippen LogP contribution is -2.32. The van der Waals surface area contributed by atoms with Crippen molar-refractivity contribution in [3.63, 3.8) is 0 Å². The Morgan fingerprint density at radius 3 is 2.36 bits per heavy atom. The number of hydrogen-bond donors (Lipinski definition) is 1. The van der Waals surface area contributed by atoms with E-state index in [1.54, 1.807) is 0 Å². The van der Waals surface area contributed by atoms with Gasteiger partial charge in [0.2, 0.25) is 10.0 Å². The monoisotopic (exact) mass is 412 g/mol. The first-order valence-electron chi connectivity index (χ1n) is 8.03. The van der Waals surface area contributed by atoms with Crippen LogP contribution >= 0.6 is 0 Å². The maximum Gasteiger partial charge on any atom is 0.345 e. The number of benzene rings is 2. The first kappa shape index (κ1) is 19.8. The van der Waals surface area contributed by atoms with Crippen LogP contribution in [-0.4, -0.2) is 29.3 Å². The minimum absolute atomic E-state index is 0.149. The van der Waals surface area contributed by atoms with Gasteiger partial charge < -0.3 is 0 Å². The van der Waals surface area contributed by atoms with Crippen LogP contribution in [0.2, 0.25) is 0 Å². The summed E-state index contributed by atoms with van der Waals surface area (Å²) >= 11 is 0. The lowest BCUT2D eigenvalue weighted by Gasteiger charge is -2.07. The second-order valence-electron chi connectivity index (χ2n) is 5.87. The Balaban J connectivity index is 1.76. The zero-order valence-electron chi connectivity index (χ0n) is 14.6. The van der Waals surface area contributed by atoms with Crippen molar-refractivity contribution in [2.45, 2.75) is 11.4 Å². The molecule has 0 saturated heterocycles. The summed E-state index contributed by atoms with van der Waals surface area (Å²) < 4.78 is 68.6. The number of sulfonamides is 1. The Hall–Kier alpha value is -2.92. The van der Waals surface area contributed by atoms with Crippen LogP contribution in [0.15, 0.2) is 52.2 Å². The Bertz CT molecular complexity index is 1170. The lowest BCUT2D eigenvalue weighted by atomic mass is 10.2. The van der Waals surface area contributed by atoms with Gasteiger partial charge in [-0.25, -0.2) is 35.8 Å². The summed E-state index contributed by atoms with van der Waals surface area (Å²) in [5.41, 5.74) is -0.0161. The number of hydrogen-bond acceptors (Lipinski definition) is 4. The zero-order chi connectivity index (χ0) is 20.5. The Morgan fingerprint density at radius 1 is 1.04 bits per heavy atom. The summed E-state index contributed by atoms with van der Waals surface area (Å²) in [4.78, 5) is 11.4. The van der Waals surface area contributed by atoms with Crippen molar-refractivity contribution in [3.8, 4) is 11.4 Å². The van der Waals surface area contributed by atoms with E-state index in [0.29, 0.717) is 17.7 Å². The molecule has 1 aromatic heterocycles. The second kappa shape index (κ2) is 7.60. The normalized spacial score (nSPS) is 11.7. The van der Waals surface area contributed by atoms with E-state index in [-0.39, 0.29) is 18.9 Å². The van der Waals surface area contributed by atoms with Gasteiger partial charge in [0.25, 0.3) is 0 Å². The van der Waals surface area contributed by atoms with Crippen molar-refractivity contribution >= 4 is 10.0 Å². The predicted molar refractivity (Wildman–Crippen MR) is 94.4 cm³/mol. The van der Waals surface area contributed by atoms with Gasteiger partial charge in [0, 0.05) is 19.2 Å². The molecule has 0 aliphatic carbocycles. The van der Waals surface area contributed by atoms with Gasteiger partial charge in [0.1, 0.15) is 22.3 Å². The fourth-order valence-electron chi connectivity index (χ4n) is 2.53. The Kier molecular flexibility index (Phi) is 5.38. The van der Waals surface area contributed by atoms with Crippen molar-refractivity contribution in [1.29, 1.82) is 0 Å². The van der Waals surface area contributed by atoms with Crippen LogP contribution in [0.3, 0.4) is 0 Å². The highest BCUT2D eigenvalue weighted by molar-refractivity contribution is 7.89. The summed E-state index contributed by atoms with van der Waals surface area (Å²) in [7, 11) is -2.84. The average molecular weight is 412 g/mol. The summed E-state index contributed by atoms with van der Waals surface area (Å²) in [5.74, 6) is -2.16. The van der Waals surface area contributed by atoms with Gasteiger partial charge in [-0.15, -0.1) is 5.10 Å². The first-order chi connectivity index (χ1) is 13.2. The second-order valence-corrected chi connectivity index (χ2v) is 7.60. The van der Waals surface area contributed by atoms with E-state index in [9.17, 15) is 26.4 Å². The molecule has 0 unspecified atom stereocenters. The van der Waals surface area contributed by atoms with Crippen LogP contribution in [-0.2, 0) is 23.6 Å².